The van der Waals surface area contributed by atoms with Crippen molar-refractivity contribution in [2.75, 3.05) is 13.7 Å². The van der Waals surface area contributed by atoms with Crippen LogP contribution in [-0.2, 0) is 0 Å². The summed E-state index contributed by atoms with van der Waals surface area (Å²) < 4.78 is 5.52. The fourth-order valence-corrected chi connectivity index (χ4v) is 2.55. The summed E-state index contributed by atoms with van der Waals surface area (Å²) in [6, 6.07) is 8.36. The van der Waals surface area contributed by atoms with E-state index in [-0.39, 0.29) is 6.04 Å². The molecule has 0 radical (unpaired) electrons. The Morgan fingerprint density at radius 2 is 2.35 bits per heavy atom. The van der Waals surface area contributed by atoms with Gasteiger partial charge in [-0.1, -0.05) is 12.1 Å². The van der Waals surface area contributed by atoms with Crippen molar-refractivity contribution in [2.45, 2.75) is 13.0 Å². The van der Waals surface area contributed by atoms with Gasteiger partial charge in [-0.3, -0.25) is 4.98 Å². The van der Waals surface area contributed by atoms with E-state index in [0.717, 1.165) is 5.75 Å². The maximum absolute atomic E-state index is 5.52. The number of benzene rings is 1. The highest BCUT2D eigenvalue weighted by atomic mass is 32.1. The summed E-state index contributed by atoms with van der Waals surface area (Å²) in [5.41, 5.74) is 3.05. The van der Waals surface area contributed by atoms with Gasteiger partial charge in [-0.05, 0) is 31.7 Å². The molecule has 2 rings (SSSR count). The van der Waals surface area contributed by atoms with Gasteiger partial charge in [-0.25, -0.2) is 0 Å². The van der Waals surface area contributed by atoms with Gasteiger partial charge in [-0.15, -0.1) is 11.3 Å². The maximum atomic E-state index is 5.52. The van der Waals surface area contributed by atoms with Crippen molar-refractivity contribution in [3.05, 3.63) is 46.4 Å². The zero-order chi connectivity index (χ0) is 12.1. The largest absolute Gasteiger partial charge is 0.494 e. The predicted molar refractivity (Wildman–Crippen MR) is 70.6 cm³/mol. The molecule has 2 aromatic rings. The van der Waals surface area contributed by atoms with Crippen LogP contribution < -0.4 is 10.1 Å². The molecule has 1 aromatic heterocycles. The maximum Gasteiger partial charge on any atom is 0.119 e. The number of rotatable bonds is 5. The molecule has 1 heterocycles. The highest BCUT2D eigenvalue weighted by Crippen LogP contribution is 2.26. The molecule has 0 aliphatic rings. The van der Waals surface area contributed by atoms with Crippen molar-refractivity contribution < 1.29 is 4.74 Å². The van der Waals surface area contributed by atoms with Crippen LogP contribution in [0.3, 0.4) is 0 Å². The summed E-state index contributed by atoms with van der Waals surface area (Å²) in [6.07, 6.45) is 1.90. The van der Waals surface area contributed by atoms with E-state index in [1.54, 1.807) is 11.3 Å². The molecule has 0 aliphatic carbocycles. The summed E-state index contributed by atoms with van der Waals surface area (Å²) in [4.78, 5) is 5.33. The highest BCUT2D eigenvalue weighted by molar-refractivity contribution is 7.09. The van der Waals surface area contributed by atoms with Gasteiger partial charge in [0.1, 0.15) is 5.75 Å². The zero-order valence-electron chi connectivity index (χ0n) is 10.0. The monoisotopic (exact) mass is 248 g/mol. The molecule has 1 atom stereocenters. The minimum atomic E-state index is 0.183. The molecule has 0 saturated carbocycles. The third-order valence-corrected chi connectivity index (χ3v) is 3.37. The van der Waals surface area contributed by atoms with Crippen LogP contribution in [0.25, 0.3) is 0 Å². The molecule has 0 fully saturated rings. The molecule has 17 heavy (non-hydrogen) atoms. The second-order valence-electron chi connectivity index (χ2n) is 3.63. The molecule has 3 nitrogen and oxygen atoms in total. The molecule has 4 heteroatoms. The minimum Gasteiger partial charge on any atom is -0.494 e. The molecular weight excluding hydrogens is 232 g/mol. The lowest BCUT2D eigenvalue weighted by Gasteiger charge is -2.15. The van der Waals surface area contributed by atoms with Crippen LogP contribution in [-0.4, -0.2) is 18.6 Å². The number of hydrogen-bond donors (Lipinski definition) is 1. The summed E-state index contributed by atoms with van der Waals surface area (Å²) in [5.74, 6) is 0.912. The van der Waals surface area contributed by atoms with Crippen molar-refractivity contribution in [3.8, 4) is 5.75 Å². The first-order valence-electron chi connectivity index (χ1n) is 5.63. The number of nitrogens with zero attached hydrogens (tertiary/aromatic N) is 1. The van der Waals surface area contributed by atoms with Crippen molar-refractivity contribution in [3.63, 3.8) is 0 Å². The Kier molecular flexibility index (Phi) is 4.12. The lowest BCUT2D eigenvalue weighted by Crippen LogP contribution is -2.16. The number of aromatic nitrogens is 1. The Hall–Kier alpha value is -1.39. The summed E-state index contributed by atoms with van der Waals surface area (Å²) in [7, 11) is 1.96. The second kappa shape index (κ2) is 5.80. The van der Waals surface area contributed by atoms with E-state index in [1.807, 2.05) is 37.8 Å². The van der Waals surface area contributed by atoms with Crippen LogP contribution in [0.4, 0.5) is 0 Å². The molecule has 0 spiro atoms. The van der Waals surface area contributed by atoms with Gasteiger partial charge in [0.15, 0.2) is 0 Å². The minimum absolute atomic E-state index is 0.183. The molecule has 1 N–H and O–H groups in total. The Labute approximate surface area is 105 Å². The van der Waals surface area contributed by atoms with E-state index >= 15 is 0 Å². The van der Waals surface area contributed by atoms with Gasteiger partial charge in [0.05, 0.1) is 18.2 Å². The van der Waals surface area contributed by atoms with Crippen LogP contribution in [0.2, 0.25) is 0 Å². The van der Waals surface area contributed by atoms with Crippen LogP contribution in [0.1, 0.15) is 23.4 Å². The Morgan fingerprint density at radius 1 is 1.47 bits per heavy atom. The molecule has 1 aromatic carbocycles. The molecule has 0 amide bonds. The second-order valence-corrected chi connectivity index (χ2v) is 4.55. The number of nitrogens with one attached hydrogen (secondary N) is 1. The Morgan fingerprint density at radius 3 is 3.00 bits per heavy atom. The van der Waals surface area contributed by atoms with Crippen molar-refractivity contribution >= 4 is 11.3 Å². The van der Waals surface area contributed by atoms with Crippen LogP contribution in [0.15, 0.2) is 36.0 Å². The van der Waals surface area contributed by atoms with Crippen molar-refractivity contribution in [1.29, 1.82) is 0 Å². The van der Waals surface area contributed by atoms with E-state index in [4.69, 9.17) is 4.74 Å². The van der Waals surface area contributed by atoms with Crippen LogP contribution in [0, 0.1) is 0 Å². The average molecular weight is 248 g/mol. The topological polar surface area (TPSA) is 34.1 Å². The highest BCUT2D eigenvalue weighted by Gasteiger charge is 2.13. The van der Waals surface area contributed by atoms with Gasteiger partial charge >= 0.3 is 0 Å². The molecular formula is C13H16N2OS. The Bertz CT molecular complexity index is 456. The first kappa shape index (κ1) is 12.1. The smallest absolute Gasteiger partial charge is 0.119 e. The van der Waals surface area contributed by atoms with E-state index in [0.29, 0.717) is 6.61 Å². The first-order chi connectivity index (χ1) is 8.35. The summed E-state index contributed by atoms with van der Waals surface area (Å²) >= 11 is 1.66. The lowest BCUT2D eigenvalue weighted by atomic mass is 10.1. The zero-order valence-corrected chi connectivity index (χ0v) is 10.8. The molecule has 0 saturated heterocycles. The van der Waals surface area contributed by atoms with Gasteiger partial charge < -0.3 is 10.1 Å². The Balaban J connectivity index is 2.28. The third-order valence-electron chi connectivity index (χ3n) is 2.53. The summed E-state index contributed by atoms with van der Waals surface area (Å²) in [6.45, 7) is 2.68. The van der Waals surface area contributed by atoms with Crippen molar-refractivity contribution in [2.24, 2.45) is 0 Å². The fraction of sp³-hybridized carbons (Fsp3) is 0.308. The number of thiazole rings is 1. The lowest BCUT2D eigenvalue weighted by molar-refractivity contribution is 0.339. The SMILES string of the molecule is CCOc1cccc(C(NC)c2cncs2)c1. The fourth-order valence-electron chi connectivity index (χ4n) is 1.79. The average Bonchev–Trinajstić information content (AvgIpc) is 2.85. The normalized spacial score (nSPS) is 12.4. The number of hydrogen-bond acceptors (Lipinski definition) is 4. The van der Waals surface area contributed by atoms with Crippen LogP contribution >= 0.6 is 11.3 Å². The van der Waals surface area contributed by atoms with E-state index in [1.165, 1.54) is 10.4 Å². The quantitative estimate of drug-likeness (QED) is 0.883. The molecule has 0 aliphatic heterocycles. The first-order valence-corrected chi connectivity index (χ1v) is 6.51. The number of ether oxygens (including phenoxy) is 1. The molecule has 0 bridgehead atoms. The van der Waals surface area contributed by atoms with Gasteiger partial charge in [0.2, 0.25) is 0 Å². The standard InChI is InChI=1S/C13H16N2OS/c1-3-16-11-6-4-5-10(7-11)13(14-2)12-8-15-9-17-12/h4-9,13-14H,3H2,1-2H3. The van der Waals surface area contributed by atoms with Crippen molar-refractivity contribution in [1.82, 2.24) is 10.3 Å². The molecule has 90 valence electrons. The van der Waals surface area contributed by atoms with Gasteiger partial charge in [0, 0.05) is 11.1 Å². The van der Waals surface area contributed by atoms with Crippen LogP contribution in [0.5, 0.6) is 5.75 Å². The predicted octanol–water partition coefficient (Wildman–Crippen LogP) is 2.85. The third kappa shape index (κ3) is 2.84. The summed E-state index contributed by atoms with van der Waals surface area (Å²) in [5, 5.41) is 3.30. The molecule has 1 unspecified atom stereocenters. The van der Waals surface area contributed by atoms with Gasteiger partial charge in [0.25, 0.3) is 0 Å². The van der Waals surface area contributed by atoms with Gasteiger partial charge in [-0.2, -0.15) is 0 Å². The van der Waals surface area contributed by atoms with E-state index < -0.39 is 0 Å². The van der Waals surface area contributed by atoms with E-state index in [9.17, 15) is 0 Å². The van der Waals surface area contributed by atoms with E-state index in [2.05, 4.69) is 22.4 Å².